The molecule has 2 saturated heterocycles. The molecular weight excluding hydrogens is 292 g/mol. The molecule has 1 aromatic carbocycles. The monoisotopic (exact) mass is 310 g/mol. The third-order valence-corrected chi connectivity index (χ3v) is 4.18. The molecule has 0 aromatic heterocycles. The summed E-state index contributed by atoms with van der Waals surface area (Å²) >= 11 is 5.82. The summed E-state index contributed by atoms with van der Waals surface area (Å²) < 4.78 is 11.4. The fourth-order valence-corrected chi connectivity index (χ4v) is 2.90. The van der Waals surface area contributed by atoms with Crippen molar-refractivity contribution in [1.82, 2.24) is 4.90 Å². The molecule has 0 unspecified atom stereocenters. The van der Waals surface area contributed by atoms with E-state index in [1.54, 1.807) is 24.3 Å². The third-order valence-electron chi connectivity index (χ3n) is 3.93. The average Bonchev–Trinajstić information content (AvgIpc) is 2.93. The van der Waals surface area contributed by atoms with Crippen molar-refractivity contribution in [3.8, 4) is 0 Å². The number of ether oxygens (including phenoxy) is 2. The van der Waals surface area contributed by atoms with Gasteiger partial charge in [0, 0.05) is 36.6 Å². The minimum atomic E-state index is -0.386. The maximum absolute atomic E-state index is 12.0. The summed E-state index contributed by atoms with van der Waals surface area (Å²) in [7, 11) is 0. The summed E-state index contributed by atoms with van der Waals surface area (Å²) in [5.41, 5.74) is 0.764. The van der Waals surface area contributed by atoms with Crippen LogP contribution in [-0.2, 0) is 14.3 Å². The average molecular weight is 311 g/mol. The molecule has 2 aliphatic rings. The van der Waals surface area contributed by atoms with Crippen LogP contribution in [0.4, 0.5) is 5.69 Å². The number of hydrogen-bond donors (Lipinski definition) is 1. The Morgan fingerprint density at radius 1 is 1.19 bits per heavy atom. The van der Waals surface area contributed by atoms with Crippen LogP contribution < -0.4 is 5.32 Å². The van der Waals surface area contributed by atoms with Gasteiger partial charge < -0.3 is 14.8 Å². The van der Waals surface area contributed by atoms with Gasteiger partial charge in [0.2, 0.25) is 5.91 Å². The Kier molecular flexibility index (Phi) is 4.45. The summed E-state index contributed by atoms with van der Waals surface area (Å²) in [6.45, 7) is 3.37. The fourth-order valence-electron chi connectivity index (χ4n) is 2.77. The minimum Gasteiger partial charge on any atom is -0.347 e. The number of carbonyl (C=O) groups excluding carboxylic acids is 1. The van der Waals surface area contributed by atoms with Gasteiger partial charge in [-0.05, 0) is 24.3 Å². The first-order valence-electron chi connectivity index (χ1n) is 7.21. The summed E-state index contributed by atoms with van der Waals surface area (Å²) in [5, 5.41) is 3.53. The van der Waals surface area contributed by atoms with Crippen LogP contribution in [0.25, 0.3) is 0 Å². The summed E-state index contributed by atoms with van der Waals surface area (Å²) in [4.78, 5) is 14.2. The van der Waals surface area contributed by atoms with Crippen molar-refractivity contribution in [2.24, 2.45) is 0 Å². The maximum atomic E-state index is 12.0. The molecule has 1 aromatic rings. The zero-order valence-corrected chi connectivity index (χ0v) is 12.6. The molecule has 0 aliphatic carbocycles. The van der Waals surface area contributed by atoms with Crippen molar-refractivity contribution in [1.29, 1.82) is 0 Å². The first-order valence-corrected chi connectivity index (χ1v) is 7.59. The standard InChI is InChI=1S/C15H19ClN2O3/c16-12-1-3-13(4-2-12)17-14(19)11-18-7-5-15(6-8-18)20-9-10-21-15/h1-4H,5-11H2,(H,17,19). The Labute approximate surface area is 129 Å². The molecule has 5 nitrogen and oxygen atoms in total. The highest BCUT2D eigenvalue weighted by Crippen LogP contribution is 2.31. The number of halogens is 1. The topological polar surface area (TPSA) is 50.8 Å². The Morgan fingerprint density at radius 2 is 1.81 bits per heavy atom. The van der Waals surface area contributed by atoms with E-state index in [0.717, 1.165) is 31.6 Å². The second-order valence-electron chi connectivity index (χ2n) is 5.44. The van der Waals surface area contributed by atoms with Crippen molar-refractivity contribution < 1.29 is 14.3 Å². The SMILES string of the molecule is O=C(CN1CCC2(CC1)OCCO2)Nc1ccc(Cl)cc1. The highest BCUT2D eigenvalue weighted by atomic mass is 35.5. The van der Waals surface area contributed by atoms with Crippen LogP contribution in [0.3, 0.4) is 0 Å². The molecule has 6 heteroatoms. The number of nitrogens with zero attached hydrogens (tertiary/aromatic N) is 1. The van der Waals surface area contributed by atoms with E-state index in [1.165, 1.54) is 0 Å². The summed E-state index contributed by atoms with van der Waals surface area (Å²) in [5.74, 6) is -0.398. The fraction of sp³-hybridized carbons (Fsp3) is 0.533. The second kappa shape index (κ2) is 6.32. The minimum absolute atomic E-state index is 0.0125. The van der Waals surface area contributed by atoms with Crippen LogP contribution in [0.15, 0.2) is 24.3 Å². The molecule has 0 bridgehead atoms. The number of rotatable bonds is 3. The van der Waals surface area contributed by atoms with E-state index in [1.807, 2.05) is 0 Å². The van der Waals surface area contributed by atoms with Gasteiger partial charge in [0.25, 0.3) is 0 Å². The predicted octanol–water partition coefficient (Wildman–Crippen LogP) is 2.12. The number of anilines is 1. The smallest absolute Gasteiger partial charge is 0.238 e. The molecule has 2 fully saturated rings. The largest absolute Gasteiger partial charge is 0.347 e. The number of nitrogens with one attached hydrogen (secondary N) is 1. The van der Waals surface area contributed by atoms with Crippen LogP contribution in [0, 0.1) is 0 Å². The number of amides is 1. The molecule has 21 heavy (non-hydrogen) atoms. The van der Waals surface area contributed by atoms with Crippen LogP contribution in [-0.4, -0.2) is 49.4 Å². The molecule has 0 radical (unpaired) electrons. The third kappa shape index (κ3) is 3.74. The van der Waals surface area contributed by atoms with Crippen molar-refractivity contribution in [3.63, 3.8) is 0 Å². The molecule has 0 saturated carbocycles. The van der Waals surface area contributed by atoms with Crippen molar-refractivity contribution >= 4 is 23.2 Å². The molecule has 2 aliphatic heterocycles. The highest BCUT2D eigenvalue weighted by molar-refractivity contribution is 6.30. The van der Waals surface area contributed by atoms with E-state index >= 15 is 0 Å². The predicted molar refractivity (Wildman–Crippen MR) is 80.4 cm³/mol. The Balaban J connectivity index is 1.46. The van der Waals surface area contributed by atoms with E-state index in [0.29, 0.717) is 24.8 Å². The van der Waals surface area contributed by atoms with Gasteiger partial charge in [-0.15, -0.1) is 0 Å². The summed E-state index contributed by atoms with van der Waals surface area (Å²) in [6, 6.07) is 7.12. The Bertz CT molecular complexity index is 490. The van der Waals surface area contributed by atoms with Crippen LogP contribution in [0.5, 0.6) is 0 Å². The molecule has 1 N–H and O–H groups in total. The van der Waals surface area contributed by atoms with E-state index in [-0.39, 0.29) is 11.7 Å². The first kappa shape index (κ1) is 14.8. The van der Waals surface area contributed by atoms with E-state index < -0.39 is 0 Å². The lowest BCUT2D eigenvalue weighted by Crippen LogP contribution is -2.47. The number of hydrogen-bond acceptors (Lipinski definition) is 4. The van der Waals surface area contributed by atoms with Crippen molar-refractivity contribution in [2.45, 2.75) is 18.6 Å². The van der Waals surface area contributed by atoms with Crippen LogP contribution >= 0.6 is 11.6 Å². The lowest BCUT2D eigenvalue weighted by molar-refractivity contribution is -0.185. The van der Waals surface area contributed by atoms with Gasteiger partial charge in [-0.1, -0.05) is 11.6 Å². The lowest BCUT2D eigenvalue weighted by atomic mass is 10.0. The first-order chi connectivity index (χ1) is 10.2. The van der Waals surface area contributed by atoms with Gasteiger partial charge in [-0.3, -0.25) is 9.69 Å². The van der Waals surface area contributed by atoms with Crippen molar-refractivity contribution in [2.75, 3.05) is 38.2 Å². The van der Waals surface area contributed by atoms with E-state index in [2.05, 4.69) is 10.2 Å². The quantitative estimate of drug-likeness (QED) is 0.929. The number of carbonyl (C=O) groups is 1. The van der Waals surface area contributed by atoms with E-state index in [4.69, 9.17) is 21.1 Å². The Hall–Kier alpha value is -1.14. The van der Waals surface area contributed by atoms with E-state index in [9.17, 15) is 4.79 Å². The zero-order valence-electron chi connectivity index (χ0n) is 11.8. The number of piperidine rings is 1. The lowest BCUT2D eigenvalue weighted by Gasteiger charge is -2.37. The second-order valence-corrected chi connectivity index (χ2v) is 5.88. The molecule has 0 atom stereocenters. The molecule has 1 spiro atoms. The zero-order chi connectivity index (χ0) is 14.7. The molecule has 114 valence electrons. The molecule has 3 rings (SSSR count). The number of benzene rings is 1. The summed E-state index contributed by atoms with van der Waals surface area (Å²) in [6.07, 6.45) is 1.64. The van der Waals surface area contributed by atoms with Gasteiger partial charge in [0.15, 0.2) is 5.79 Å². The van der Waals surface area contributed by atoms with Gasteiger partial charge in [-0.2, -0.15) is 0 Å². The van der Waals surface area contributed by atoms with Gasteiger partial charge >= 0.3 is 0 Å². The van der Waals surface area contributed by atoms with Crippen LogP contribution in [0.1, 0.15) is 12.8 Å². The van der Waals surface area contributed by atoms with Gasteiger partial charge in [-0.25, -0.2) is 0 Å². The van der Waals surface area contributed by atoms with Gasteiger partial charge in [0.05, 0.1) is 19.8 Å². The number of likely N-dealkylation sites (tertiary alicyclic amines) is 1. The van der Waals surface area contributed by atoms with Crippen molar-refractivity contribution in [3.05, 3.63) is 29.3 Å². The molecule has 2 heterocycles. The molecular formula is C15H19ClN2O3. The highest BCUT2D eigenvalue weighted by Gasteiger charge is 2.39. The Morgan fingerprint density at radius 3 is 2.43 bits per heavy atom. The van der Waals surface area contributed by atoms with Gasteiger partial charge in [0.1, 0.15) is 0 Å². The van der Waals surface area contributed by atoms with Crippen LogP contribution in [0.2, 0.25) is 5.02 Å². The maximum Gasteiger partial charge on any atom is 0.238 e. The normalized spacial score (nSPS) is 21.6. The molecule has 1 amide bonds.